The van der Waals surface area contributed by atoms with Gasteiger partial charge in [-0.2, -0.15) is 0 Å². The van der Waals surface area contributed by atoms with Crippen molar-refractivity contribution in [1.29, 1.82) is 0 Å². The van der Waals surface area contributed by atoms with E-state index in [1.807, 2.05) is 31.2 Å². The SMILES string of the molecule is CCOc1nc2ccccc2nc1N1CCC[C@@H](C(=O)NC[C@@H]2CCCO2)C1. The molecule has 2 aliphatic rings. The van der Waals surface area contributed by atoms with Gasteiger partial charge in [-0.15, -0.1) is 0 Å². The van der Waals surface area contributed by atoms with Gasteiger partial charge < -0.3 is 19.7 Å². The molecule has 4 rings (SSSR count). The number of aromatic nitrogens is 2. The molecule has 0 saturated carbocycles. The number of anilines is 1. The average molecular weight is 384 g/mol. The molecule has 1 N–H and O–H groups in total. The Balaban J connectivity index is 1.48. The Labute approximate surface area is 165 Å². The standard InChI is InChI=1S/C21H28N4O3/c1-2-27-21-19(23-17-9-3-4-10-18(17)24-21)25-11-5-7-15(14-25)20(26)22-13-16-8-6-12-28-16/h3-4,9-10,15-16H,2,5-8,11-14H2,1H3,(H,22,26)/t15-,16+/m1/s1. The molecule has 2 saturated heterocycles. The molecule has 0 aliphatic carbocycles. The molecule has 2 fully saturated rings. The van der Waals surface area contributed by atoms with Gasteiger partial charge in [-0.25, -0.2) is 9.97 Å². The van der Waals surface area contributed by atoms with Crippen LogP contribution >= 0.6 is 0 Å². The summed E-state index contributed by atoms with van der Waals surface area (Å²) in [5, 5.41) is 3.08. The smallest absolute Gasteiger partial charge is 0.258 e. The van der Waals surface area contributed by atoms with Crippen LogP contribution in [0.5, 0.6) is 5.88 Å². The maximum atomic E-state index is 12.7. The second-order valence-electron chi connectivity index (χ2n) is 7.44. The number of fused-ring (bicyclic) bond motifs is 1. The Bertz CT molecular complexity index is 822. The number of benzene rings is 1. The summed E-state index contributed by atoms with van der Waals surface area (Å²) in [7, 11) is 0. The molecule has 150 valence electrons. The molecule has 28 heavy (non-hydrogen) atoms. The molecule has 7 heteroatoms. The van der Waals surface area contributed by atoms with Gasteiger partial charge in [0.25, 0.3) is 5.88 Å². The van der Waals surface area contributed by atoms with Gasteiger partial charge in [0.15, 0.2) is 5.82 Å². The second-order valence-corrected chi connectivity index (χ2v) is 7.44. The lowest BCUT2D eigenvalue weighted by Crippen LogP contribution is -2.45. The van der Waals surface area contributed by atoms with Crippen LogP contribution in [0.1, 0.15) is 32.6 Å². The van der Waals surface area contributed by atoms with Crippen LogP contribution in [0.4, 0.5) is 5.82 Å². The third kappa shape index (κ3) is 4.19. The number of carbonyl (C=O) groups excluding carboxylic acids is 1. The van der Waals surface area contributed by atoms with Gasteiger partial charge in [-0.3, -0.25) is 4.79 Å². The number of amides is 1. The highest BCUT2D eigenvalue weighted by atomic mass is 16.5. The Hall–Kier alpha value is -2.41. The molecule has 0 unspecified atom stereocenters. The number of rotatable bonds is 6. The molecule has 2 aliphatic heterocycles. The summed E-state index contributed by atoms with van der Waals surface area (Å²) in [4.78, 5) is 24.3. The molecule has 1 aromatic heterocycles. The fourth-order valence-corrected chi connectivity index (χ4v) is 3.96. The number of nitrogens with zero attached hydrogens (tertiary/aromatic N) is 3. The summed E-state index contributed by atoms with van der Waals surface area (Å²) in [5.41, 5.74) is 1.66. The maximum absolute atomic E-state index is 12.7. The molecule has 0 bridgehead atoms. The number of hydrogen-bond donors (Lipinski definition) is 1. The zero-order valence-electron chi connectivity index (χ0n) is 16.4. The van der Waals surface area contributed by atoms with Crippen LogP contribution < -0.4 is 15.0 Å². The highest BCUT2D eigenvalue weighted by molar-refractivity contribution is 5.80. The molecule has 1 amide bonds. The average Bonchev–Trinajstić information content (AvgIpc) is 3.25. The lowest BCUT2D eigenvalue weighted by atomic mass is 9.97. The van der Waals surface area contributed by atoms with E-state index in [0.717, 1.165) is 55.7 Å². The van der Waals surface area contributed by atoms with E-state index in [1.54, 1.807) is 0 Å². The Kier molecular flexibility index (Phi) is 5.90. The number of carbonyl (C=O) groups is 1. The predicted molar refractivity (Wildman–Crippen MR) is 108 cm³/mol. The molecule has 2 aromatic rings. The van der Waals surface area contributed by atoms with E-state index in [9.17, 15) is 4.79 Å². The van der Waals surface area contributed by atoms with Crippen molar-refractivity contribution in [3.63, 3.8) is 0 Å². The van der Waals surface area contributed by atoms with E-state index in [0.29, 0.717) is 25.6 Å². The van der Waals surface area contributed by atoms with Gasteiger partial charge in [-0.05, 0) is 44.7 Å². The van der Waals surface area contributed by atoms with Gasteiger partial charge in [0, 0.05) is 26.2 Å². The normalized spacial score (nSPS) is 22.4. The highest BCUT2D eigenvalue weighted by Crippen LogP contribution is 2.30. The fourth-order valence-electron chi connectivity index (χ4n) is 3.96. The molecular weight excluding hydrogens is 356 g/mol. The first kappa shape index (κ1) is 18.9. The molecule has 2 atom stereocenters. The second kappa shape index (κ2) is 8.73. The third-order valence-corrected chi connectivity index (χ3v) is 5.42. The number of para-hydroxylation sites is 2. The van der Waals surface area contributed by atoms with E-state index < -0.39 is 0 Å². The first-order chi connectivity index (χ1) is 13.7. The quantitative estimate of drug-likeness (QED) is 0.825. The van der Waals surface area contributed by atoms with Crippen molar-refractivity contribution in [1.82, 2.24) is 15.3 Å². The minimum absolute atomic E-state index is 0.0575. The van der Waals surface area contributed by atoms with Crippen LogP contribution in [0.25, 0.3) is 11.0 Å². The predicted octanol–water partition coefficient (Wildman–Crippen LogP) is 2.54. The van der Waals surface area contributed by atoms with Crippen molar-refractivity contribution >= 4 is 22.8 Å². The van der Waals surface area contributed by atoms with E-state index >= 15 is 0 Å². The summed E-state index contributed by atoms with van der Waals surface area (Å²) < 4.78 is 11.4. The van der Waals surface area contributed by atoms with Gasteiger partial charge >= 0.3 is 0 Å². The van der Waals surface area contributed by atoms with Crippen molar-refractivity contribution in [3.05, 3.63) is 24.3 Å². The molecule has 0 radical (unpaired) electrons. The lowest BCUT2D eigenvalue weighted by Gasteiger charge is -2.33. The van der Waals surface area contributed by atoms with Gasteiger partial charge in [0.05, 0.1) is 29.7 Å². The summed E-state index contributed by atoms with van der Waals surface area (Å²) in [5.74, 6) is 1.32. The Morgan fingerprint density at radius 2 is 2.07 bits per heavy atom. The summed E-state index contributed by atoms with van der Waals surface area (Å²) in [6.07, 6.45) is 4.11. The van der Waals surface area contributed by atoms with Crippen molar-refractivity contribution in [3.8, 4) is 5.88 Å². The van der Waals surface area contributed by atoms with E-state index in [-0.39, 0.29) is 17.9 Å². The van der Waals surface area contributed by atoms with Crippen LogP contribution in [0, 0.1) is 5.92 Å². The van der Waals surface area contributed by atoms with E-state index in [1.165, 1.54) is 0 Å². The molecule has 7 nitrogen and oxygen atoms in total. The maximum Gasteiger partial charge on any atom is 0.258 e. The monoisotopic (exact) mass is 384 g/mol. The van der Waals surface area contributed by atoms with Crippen molar-refractivity contribution in [2.24, 2.45) is 5.92 Å². The first-order valence-corrected chi connectivity index (χ1v) is 10.3. The van der Waals surface area contributed by atoms with E-state index in [2.05, 4.69) is 15.2 Å². The number of nitrogens with one attached hydrogen (secondary N) is 1. The van der Waals surface area contributed by atoms with Crippen LogP contribution in [0.2, 0.25) is 0 Å². The zero-order valence-corrected chi connectivity index (χ0v) is 16.4. The topological polar surface area (TPSA) is 76.6 Å². The number of piperidine rings is 1. The Morgan fingerprint density at radius 3 is 2.82 bits per heavy atom. The van der Waals surface area contributed by atoms with Crippen LogP contribution in [-0.4, -0.2) is 54.8 Å². The Morgan fingerprint density at radius 1 is 1.25 bits per heavy atom. The van der Waals surface area contributed by atoms with Gasteiger partial charge in [-0.1, -0.05) is 12.1 Å². The molecule has 1 aromatic carbocycles. The van der Waals surface area contributed by atoms with Crippen LogP contribution in [0.15, 0.2) is 24.3 Å². The summed E-state index contributed by atoms with van der Waals surface area (Å²) in [6.45, 7) is 5.36. The molecule has 3 heterocycles. The molecular formula is C21H28N4O3. The summed E-state index contributed by atoms with van der Waals surface area (Å²) in [6, 6.07) is 7.80. The summed E-state index contributed by atoms with van der Waals surface area (Å²) >= 11 is 0. The van der Waals surface area contributed by atoms with Crippen molar-refractivity contribution in [2.75, 3.05) is 37.7 Å². The molecule has 0 spiro atoms. The first-order valence-electron chi connectivity index (χ1n) is 10.3. The van der Waals surface area contributed by atoms with Crippen molar-refractivity contribution < 1.29 is 14.3 Å². The zero-order chi connectivity index (χ0) is 19.3. The third-order valence-electron chi connectivity index (χ3n) is 5.42. The van der Waals surface area contributed by atoms with Crippen LogP contribution in [0.3, 0.4) is 0 Å². The number of hydrogen-bond acceptors (Lipinski definition) is 6. The lowest BCUT2D eigenvalue weighted by molar-refractivity contribution is -0.125. The van der Waals surface area contributed by atoms with E-state index in [4.69, 9.17) is 14.5 Å². The highest BCUT2D eigenvalue weighted by Gasteiger charge is 2.29. The number of ether oxygens (including phenoxy) is 2. The minimum atomic E-state index is -0.0575. The van der Waals surface area contributed by atoms with Gasteiger partial charge in [0.1, 0.15) is 0 Å². The fraction of sp³-hybridized carbons (Fsp3) is 0.571. The minimum Gasteiger partial charge on any atom is -0.475 e. The van der Waals surface area contributed by atoms with Gasteiger partial charge in [0.2, 0.25) is 5.91 Å². The largest absolute Gasteiger partial charge is 0.475 e. The van der Waals surface area contributed by atoms with Crippen molar-refractivity contribution in [2.45, 2.75) is 38.7 Å². The van der Waals surface area contributed by atoms with Crippen LogP contribution in [-0.2, 0) is 9.53 Å².